The van der Waals surface area contributed by atoms with E-state index in [0.717, 1.165) is 5.69 Å². The molecule has 0 spiro atoms. The molecule has 0 amide bonds. The summed E-state index contributed by atoms with van der Waals surface area (Å²) in [5.41, 5.74) is 1.33. The van der Waals surface area contributed by atoms with Crippen molar-refractivity contribution in [3.8, 4) is 5.75 Å². The lowest BCUT2D eigenvalue weighted by Gasteiger charge is -2.06. The van der Waals surface area contributed by atoms with Crippen LogP contribution in [0.2, 0.25) is 0 Å². The van der Waals surface area contributed by atoms with Crippen LogP contribution in [0.1, 0.15) is 5.69 Å². The molecule has 2 aromatic rings. The van der Waals surface area contributed by atoms with Gasteiger partial charge in [0.25, 0.3) is 0 Å². The van der Waals surface area contributed by atoms with Crippen molar-refractivity contribution in [2.24, 2.45) is 0 Å². The van der Waals surface area contributed by atoms with E-state index in [2.05, 4.69) is 9.82 Å². The Kier molecular flexibility index (Phi) is 3.77. The molecule has 1 heterocycles. The topological polar surface area (TPSA) is 34.1 Å². The largest absolute Gasteiger partial charge is 0.487 e. The Labute approximate surface area is 103 Å². The average molecular weight is 253 g/mol. The van der Waals surface area contributed by atoms with Gasteiger partial charge in [0.15, 0.2) is 0 Å². The minimum atomic E-state index is -0.507. The molecule has 5 heteroatoms. The molecule has 0 bridgehead atoms. The van der Waals surface area contributed by atoms with E-state index < -0.39 is 5.95 Å². The Balaban J connectivity index is 1.97. The minimum Gasteiger partial charge on any atom is -0.487 e. The number of nitrogens with zero attached hydrogens (tertiary/aromatic N) is 1. The standard InChI is InChI=1S/C12H10ClFN2O/c13-16-9-4-6-11(7-5-9)17-8-10-2-1-3-12(14)15-10/h1-7,16H,8H2. The number of hydrogen-bond donors (Lipinski definition) is 1. The number of anilines is 1. The van der Waals surface area contributed by atoms with E-state index in [1.54, 1.807) is 36.4 Å². The molecular formula is C12H10ClFN2O. The second-order valence-electron chi connectivity index (χ2n) is 3.36. The highest BCUT2D eigenvalue weighted by Gasteiger charge is 1.99. The fourth-order valence-electron chi connectivity index (χ4n) is 1.30. The maximum atomic E-state index is 12.8. The smallest absolute Gasteiger partial charge is 0.213 e. The van der Waals surface area contributed by atoms with E-state index in [1.807, 2.05) is 0 Å². The zero-order chi connectivity index (χ0) is 12.1. The van der Waals surface area contributed by atoms with Crippen LogP contribution < -0.4 is 9.57 Å². The van der Waals surface area contributed by atoms with Gasteiger partial charge in [0, 0.05) is 17.5 Å². The molecule has 0 saturated heterocycles. The first-order valence-corrected chi connectivity index (χ1v) is 5.36. The number of ether oxygens (including phenoxy) is 1. The van der Waals surface area contributed by atoms with Crippen LogP contribution in [0.5, 0.6) is 5.75 Å². The van der Waals surface area contributed by atoms with E-state index in [-0.39, 0.29) is 6.61 Å². The lowest BCUT2D eigenvalue weighted by molar-refractivity contribution is 0.299. The predicted octanol–water partition coefficient (Wildman–Crippen LogP) is 3.37. The normalized spacial score (nSPS) is 10.0. The number of rotatable bonds is 4. The van der Waals surface area contributed by atoms with Crippen LogP contribution in [0, 0.1) is 5.95 Å². The first-order valence-electron chi connectivity index (χ1n) is 4.99. The molecule has 1 aromatic carbocycles. The van der Waals surface area contributed by atoms with Gasteiger partial charge in [0.2, 0.25) is 5.95 Å². The van der Waals surface area contributed by atoms with Gasteiger partial charge in [-0.25, -0.2) is 4.98 Å². The number of pyridine rings is 1. The van der Waals surface area contributed by atoms with E-state index in [9.17, 15) is 4.39 Å². The summed E-state index contributed by atoms with van der Waals surface area (Å²) in [6.45, 7) is 0.228. The third kappa shape index (κ3) is 3.32. The van der Waals surface area contributed by atoms with E-state index in [1.165, 1.54) is 6.07 Å². The van der Waals surface area contributed by atoms with Crippen LogP contribution in [-0.4, -0.2) is 4.98 Å². The van der Waals surface area contributed by atoms with Gasteiger partial charge in [-0.2, -0.15) is 4.39 Å². The average Bonchev–Trinajstić information content (AvgIpc) is 2.37. The van der Waals surface area contributed by atoms with Crippen LogP contribution in [0.15, 0.2) is 42.5 Å². The Bertz CT molecular complexity index is 490. The Morgan fingerprint density at radius 3 is 2.59 bits per heavy atom. The molecule has 0 radical (unpaired) electrons. The lowest BCUT2D eigenvalue weighted by Crippen LogP contribution is -1.99. The summed E-state index contributed by atoms with van der Waals surface area (Å²) in [5, 5.41) is 0. The molecule has 88 valence electrons. The van der Waals surface area contributed by atoms with Crippen LogP contribution in [-0.2, 0) is 6.61 Å². The fourth-order valence-corrected chi connectivity index (χ4v) is 1.43. The van der Waals surface area contributed by atoms with Crippen LogP contribution in [0.25, 0.3) is 0 Å². The number of hydrogen-bond acceptors (Lipinski definition) is 3. The van der Waals surface area contributed by atoms with Crippen molar-refractivity contribution in [1.29, 1.82) is 0 Å². The predicted molar refractivity (Wildman–Crippen MR) is 64.4 cm³/mol. The minimum absolute atomic E-state index is 0.228. The molecule has 3 nitrogen and oxygen atoms in total. The molecule has 0 fully saturated rings. The van der Waals surface area contributed by atoms with Crippen LogP contribution in [0.4, 0.5) is 10.1 Å². The molecule has 2 rings (SSSR count). The first-order chi connectivity index (χ1) is 8.28. The van der Waals surface area contributed by atoms with Crippen LogP contribution >= 0.6 is 11.8 Å². The number of halogens is 2. The molecule has 0 atom stereocenters. The zero-order valence-corrected chi connectivity index (χ0v) is 9.62. The third-order valence-corrected chi connectivity index (χ3v) is 2.34. The van der Waals surface area contributed by atoms with E-state index >= 15 is 0 Å². The highest BCUT2D eigenvalue weighted by Crippen LogP contribution is 2.17. The maximum absolute atomic E-state index is 12.8. The van der Waals surface area contributed by atoms with Crippen molar-refractivity contribution in [2.45, 2.75) is 6.61 Å². The zero-order valence-electron chi connectivity index (χ0n) is 8.86. The Hall–Kier alpha value is -1.81. The second kappa shape index (κ2) is 5.50. The van der Waals surface area contributed by atoms with Gasteiger partial charge < -0.3 is 4.74 Å². The highest BCUT2D eigenvalue weighted by molar-refractivity contribution is 6.23. The Morgan fingerprint density at radius 1 is 1.18 bits per heavy atom. The quantitative estimate of drug-likeness (QED) is 0.669. The molecule has 17 heavy (non-hydrogen) atoms. The molecule has 0 aliphatic carbocycles. The summed E-state index contributed by atoms with van der Waals surface area (Å²) < 4.78 is 18.2. The van der Waals surface area contributed by atoms with Crippen molar-refractivity contribution in [1.82, 2.24) is 4.98 Å². The van der Waals surface area contributed by atoms with Crippen LogP contribution in [0.3, 0.4) is 0 Å². The summed E-state index contributed by atoms with van der Waals surface area (Å²) in [5.74, 6) is 0.166. The van der Waals surface area contributed by atoms with Crippen molar-refractivity contribution in [3.63, 3.8) is 0 Å². The number of nitrogens with one attached hydrogen (secondary N) is 1. The second-order valence-corrected chi connectivity index (χ2v) is 3.55. The van der Waals surface area contributed by atoms with Gasteiger partial charge >= 0.3 is 0 Å². The Morgan fingerprint density at radius 2 is 1.94 bits per heavy atom. The molecule has 1 aromatic heterocycles. The summed E-state index contributed by atoms with van der Waals surface area (Å²) in [7, 11) is 0. The molecule has 0 unspecified atom stereocenters. The fraction of sp³-hybridized carbons (Fsp3) is 0.0833. The summed E-state index contributed by atoms with van der Waals surface area (Å²) in [6.07, 6.45) is 0. The van der Waals surface area contributed by atoms with E-state index in [4.69, 9.17) is 16.5 Å². The maximum Gasteiger partial charge on any atom is 0.213 e. The van der Waals surface area contributed by atoms with Crippen molar-refractivity contribution >= 4 is 17.5 Å². The summed E-state index contributed by atoms with van der Waals surface area (Å²) in [4.78, 5) is 6.19. The van der Waals surface area contributed by atoms with Gasteiger partial charge in [0.1, 0.15) is 12.4 Å². The molecule has 0 aliphatic heterocycles. The molecule has 0 saturated carbocycles. The summed E-state index contributed by atoms with van der Waals surface area (Å²) >= 11 is 5.43. The number of benzene rings is 1. The van der Waals surface area contributed by atoms with Gasteiger partial charge in [-0.1, -0.05) is 6.07 Å². The number of aromatic nitrogens is 1. The summed E-state index contributed by atoms with van der Waals surface area (Å²) in [6, 6.07) is 11.7. The molecule has 1 N–H and O–H groups in total. The molecular weight excluding hydrogens is 243 g/mol. The van der Waals surface area contributed by atoms with Crippen molar-refractivity contribution in [2.75, 3.05) is 4.84 Å². The first kappa shape index (κ1) is 11.7. The highest BCUT2D eigenvalue weighted by atomic mass is 35.5. The van der Waals surface area contributed by atoms with Gasteiger partial charge in [-0.3, -0.25) is 4.84 Å². The van der Waals surface area contributed by atoms with Crippen molar-refractivity contribution < 1.29 is 9.13 Å². The monoisotopic (exact) mass is 252 g/mol. The van der Waals surface area contributed by atoms with E-state index in [0.29, 0.717) is 11.4 Å². The lowest BCUT2D eigenvalue weighted by atomic mass is 10.3. The van der Waals surface area contributed by atoms with Gasteiger partial charge in [0.05, 0.1) is 5.69 Å². The van der Waals surface area contributed by atoms with Gasteiger partial charge in [-0.05, 0) is 36.4 Å². The van der Waals surface area contributed by atoms with Gasteiger partial charge in [-0.15, -0.1) is 0 Å². The van der Waals surface area contributed by atoms with Crippen molar-refractivity contribution in [3.05, 3.63) is 54.1 Å². The third-order valence-electron chi connectivity index (χ3n) is 2.12. The molecule has 0 aliphatic rings. The SMILES string of the molecule is Fc1cccc(COc2ccc(NCl)cc2)n1.